The molecule has 0 amide bonds. The largest absolute Gasteiger partial charge is 0.488 e. The Hall–Kier alpha value is -2.07. The summed E-state index contributed by atoms with van der Waals surface area (Å²) in [5.41, 5.74) is 1.09. The fraction of sp³-hybridized carbons (Fsp3) is 0.235. The van der Waals surface area contributed by atoms with Gasteiger partial charge in [-0.2, -0.15) is 0 Å². The molecule has 1 aromatic heterocycles. The zero-order valence-corrected chi connectivity index (χ0v) is 12.9. The summed E-state index contributed by atoms with van der Waals surface area (Å²) in [5.74, 6) is -0.187. The third kappa shape index (κ3) is 4.20. The second-order valence-electron chi connectivity index (χ2n) is 4.93. The van der Waals surface area contributed by atoms with Crippen molar-refractivity contribution in [2.75, 3.05) is 6.61 Å². The molecule has 2 rings (SSSR count). The zero-order chi connectivity index (χ0) is 15.2. The van der Waals surface area contributed by atoms with Gasteiger partial charge in [0.25, 0.3) is 0 Å². The van der Waals surface area contributed by atoms with E-state index in [-0.39, 0.29) is 4.88 Å². The molecule has 0 saturated carbocycles. The first-order chi connectivity index (χ1) is 10.1. The van der Waals surface area contributed by atoms with Crippen molar-refractivity contribution in [3.05, 3.63) is 57.8 Å². The van der Waals surface area contributed by atoms with Gasteiger partial charge < -0.3 is 9.84 Å². The van der Waals surface area contributed by atoms with Crippen molar-refractivity contribution in [3.63, 3.8) is 0 Å². The van der Waals surface area contributed by atoms with E-state index in [1.165, 1.54) is 11.3 Å². The Labute approximate surface area is 128 Å². The molecule has 21 heavy (non-hydrogen) atoms. The van der Waals surface area contributed by atoms with E-state index in [2.05, 4.69) is 0 Å². The van der Waals surface area contributed by atoms with Crippen LogP contribution in [0.15, 0.2) is 42.5 Å². The number of thiophene rings is 1. The van der Waals surface area contributed by atoms with Gasteiger partial charge in [-0.3, -0.25) is 0 Å². The summed E-state index contributed by atoms with van der Waals surface area (Å²) >= 11 is 1.28. The van der Waals surface area contributed by atoms with E-state index in [1.54, 1.807) is 0 Å². The van der Waals surface area contributed by atoms with Crippen LogP contribution in [0.1, 0.15) is 39.9 Å². The monoisotopic (exact) mass is 302 g/mol. The minimum Gasteiger partial charge on any atom is -0.488 e. The highest BCUT2D eigenvalue weighted by Gasteiger charge is 2.17. The predicted molar refractivity (Wildman–Crippen MR) is 86.3 cm³/mol. The molecule has 3 nitrogen and oxygen atoms in total. The number of benzene rings is 1. The molecule has 0 unspecified atom stereocenters. The lowest BCUT2D eigenvalue weighted by molar-refractivity contribution is 0.0698. The number of hydrogen-bond acceptors (Lipinski definition) is 3. The molecule has 1 heterocycles. The standard InChI is InChI=1S/C17H18O3S/c1-12(2)15-11-14(16(21-15)17(18)19)20-10-6-9-13-7-4-3-5-8-13/h3-9,11-12H,10H2,1-2H3,(H,18,19). The smallest absolute Gasteiger partial charge is 0.349 e. The summed E-state index contributed by atoms with van der Waals surface area (Å²) in [4.78, 5) is 12.5. The lowest BCUT2D eigenvalue weighted by Gasteiger charge is -2.01. The molecule has 0 aliphatic heterocycles. The first-order valence-electron chi connectivity index (χ1n) is 6.79. The molecule has 110 valence electrons. The van der Waals surface area contributed by atoms with Crippen LogP contribution in [0, 0.1) is 0 Å². The van der Waals surface area contributed by atoms with Crippen LogP contribution in [-0.4, -0.2) is 17.7 Å². The molecule has 0 aliphatic rings. The number of carboxylic acids is 1. The molecule has 4 heteroatoms. The molecule has 0 atom stereocenters. The Morgan fingerprint density at radius 3 is 2.67 bits per heavy atom. The fourth-order valence-electron chi connectivity index (χ4n) is 1.82. The van der Waals surface area contributed by atoms with Gasteiger partial charge in [0.2, 0.25) is 0 Å². The van der Waals surface area contributed by atoms with E-state index >= 15 is 0 Å². The van der Waals surface area contributed by atoms with E-state index in [0.29, 0.717) is 18.3 Å². The maximum atomic E-state index is 11.2. The third-order valence-corrected chi connectivity index (χ3v) is 4.33. The number of hydrogen-bond donors (Lipinski definition) is 1. The van der Waals surface area contributed by atoms with E-state index in [1.807, 2.05) is 62.4 Å². The van der Waals surface area contributed by atoms with Gasteiger partial charge in [0.05, 0.1) is 0 Å². The highest BCUT2D eigenvalue weighted by molar-refractivity contribution is 7.14. The average molecular weight is 302 g/mol. The van der Waals surface area contributed by atoms with Gasteiger partial charge in [0.1, 0.15) is 12.4 Å². The summed E-state index contributed by atoms with van der Waals surface area (Å²) in [7, 11) is 0. The van der Waals surface area contributed by atoms with Crippen molar-refractivity contribution in [2.45, 2.75) is 19.8 Å². The van der Waals surface area contributed by atoms with Crippen LogP contribution >= 0.6 is 11.3 Å². The van der Waals surface area contributed by atoms with E-state index < -0.39 is 5.97 Å². The Morgan fingerprint density at radius 1 is 1.33 bits per heavy atom. The van der Waals surface area contributed by atoms with Gasteiger partial charge in [0.15, 0.2) is 4.88 Å². The average Bonchev–Trinajstić information content (AvgIpc) is 2.89. The Balaban J connectivity index is 2.02. The van der Waals surface area contributed by atoms with Crippen molar-refractivity contribution >= 4 is 23.4 Å². The van der Waals surface area contributed by atoms with Crippen LogP contribution in [-0.2, 0) is 0 Å². The highest BCUT2D eigenvalue weighted by atomic mass is 32.1. The quantitative estimate of drug-likeness (QED) is 0.844. The molecule has 0 radical (unpaired) electrons. The van der Waals surface area contributed by atoms with Crippen molar-refractivity contribution in [1.82, 2.24) is 0 Å². The lowest BCUT2D eigenvalue weighted by atomic mass is 10.2. The van der Waals surface area contributed by atoms with Gasteiger partial charge in [0, 0.05) is 4.88 Å². The first-order valence-corrected chi connectivity index (χ1v) is 7.61. The molecule has 0 aliphatic carbocycles. The van der Waals surface area contributed by atoms with Gasteiger partial charge in [-0.1, -0.05) is 50.3 Å². The second kappa shape index (κ2) is 7.09. The number of ether oxygens (including phenoxy) is 1. The number of aromatic carboxylic acids is 1. The van der Waals surface area contributed by atoms with Gasteiger partial charge in [-0.15, -0.1) is 11.3 Å². The summed E-state index contributed by atoms with van der Waals surface area (Å²) in [6.07, 6.45) is 3.84. The SMILES string of the molecule is CC(C)c1cc(OCC=Cc2ccccc2)c(C(=O)O)s1. The van der Waals surface area contributed by atoms with Crippen LogP contribution in [0.4, 0.5) is 0 Å². The Bertz CT molecular complexity index is 627. The van der Waals surface area contributed by atoms with Gasteiger partial charge in [-0.05, 0) is 23.6 Å². The van der Waals surface area contributed by atoms with Gasteiger partial charge >= 0.3 is 5.97 Å². The summed E-state index contributed by atoms with van der Waals surface area (Å²) < 4.78 is 5.59. The maximum Gasteiger partial charge on any atom is 0.349 e. The maximum absolute atomic E-state index is 11.2. The van der Waals surface area contributed by atoms with Crippen LogP contribution in [0.2, 0.25) is 0 Å². The first kappa shape index (κ1) is 15.3. The molecular weight excluding hydrogens is 284 g/mol. The number of carboxylic acid groups (broad SMARTS) is 1. The highest BCUT2D eigenvalue weighted by Crippen LogP contribution is 2.33. The molecule has 0 bridgehead atoms. The van der Waals surface area contributed by atoms with Crippen molar-refractivity contribution in [2.24, 2.45) is 0 Å². The van der Waals surface area contributed by atoms with Gasteiger partial charge in [-0.25, -0.2) is 4.79 Å². The minimum atomic E-state index is -0.936. The molecule has 1 N–H and O–H groups in total. The van der Waals surface area contributed by atoms with E-state index in [4.69, 9.17) is 4.74 Å². The third-order valence-electron chi connectivity index (χ3n) is 2.93. The van der Waals surface area contributed by atoms with Crippen LogP contribution in [0.3, 0.4) is 0 Å². The Morgan fingerprint density at radius 2 is 2.05 bits per heavy atom. The molecule has 0 fully saturated rings. The molecular formula is C17H18O3S. The van der Waals surface area contributed by atoms with Crippen LogP contribution < -0.4 is 4.74 Å². The van der Waals surface area contributed by atoms with Crippen molar-refractivity contribution in [1.29, 1.82) is 0 Å². The fourth-order valence-corrected chi connectivity index (χ4v) is 2.76. The summed E-state index contributed by atoms with van der Waals surface area (Å²) in [6.45, 7) is 4.43. The zero-order valence-electron chi connectivity index (χ0n) is 12.1. The van der Waals surface area contributed by atoms with E-state index in [0.717, 1.165) is 10.4 Å². The molecule has 0 saturated heterocycles. The minimum absolute atomic E-state index is 0.270. The molecule has 1 aromatic carbocycles. The summed E-state index contributed by atoms with van der Waals surface area (Å²) in [6, 6.07) is 11.7. The van der Waals surface area contributed by atoms with E-state index in [9.17, 15) is 9.90 Å². The normalized spacial score (nSPS) is 11.2. The van der Waals surface area contributed by atoms with Crippen molar-refractivity contribution in [3.8, 4) is 5.75 Å². The van der Waals surface area contributed by atoms with Crippen LogP contribution in [0.25, 0.3) is 6.08 Å². The van der Waals surface area contributed by atoms with Crippen LogP contribution in [0.5, 0.6) is 5.75 Å². The lowest BCUT2D eigenvalue weighted by Crippen LogP contribution is -1.99. The second-order valence-corrected chi connectivity index (χ2v) is 6.01. The molecule has 0 spiro atoms. The number of carbonyl (C=O) groups is 1. The molecule has 2 aromatic rings. The predicted octanol–water partition coefficient (Wildman–Crippen LogP) is 4.66. The summed E-state index contributed by atoms with van der Waals surface area (Å²) in [5, 5.41) is 9.21. The number of rotatable bonds is 6. The topological polar surface area (TPSA) is 46.5 Å². The Kier molecular flexibility index (Phi) is 5.17. The van der Waals surface area contributed by atoms with Crippen molar-refractivity contribution < 1.29 is 14.6 Å².